The third-order valence-electron chi connectivity index (χ3n) is 2.42. The Hall–Kier alpha value is -1.45. The average molecular weight is 264 g/mol. The Morgan fingerprint density at radius 3 is 2.82 bits per heavy atom. The van der Waals surface area contributed by atoms with Crippen LogP contribution < -0.4 is 0 Å². The van der Waals surface area contributed by atoms with E-state index in [4.69, 9.17) is 11.6 Å². The summed E-state index contributed by atoms with van der Waals surface area (Å²) in [6.07, 6.45) is 0. The van der Waals surface area contributed by atoms with Gasteiger partial charge in [0.1, 0.15) is 10.8 Å². The quantitative estimate of drug-likeness (QED) is 0.617. The number of rotatable bonds is 1. The Kier molecular flexibility index (Phi) is 2.57. The van der Waals surface area contributed by atoms with Gasteiger partial charge in [0.25, 0.3) is 0 Å². The van der Waals surface area contributed by atoms with Crippen LogP contribution in [0.1, 0.15) is 0 Å². The molecule has 17 heavy (non-hydrogen) atoms. The van der Waals surface area contributed by atoms with Crippen molar-refractivity contribution in [1.29, 1.82) is 0 Å². The van der Waals surface area contributed by atoms with Crippen molar-refractivity contribution in [2.45, 2.75) is 0 Å². The summed E-state index contributed by atoms with van der Waals surface area (Å²) in [5.41, 5.74) is 1.68. The van der Waals surface area contributed by atoms with Crippen LogP contribution in [0, 0.1) is 5.82 Å². The van der Waals surface area contributed by atoms with Crippen LogP contribution in [-0.4, -0.2) is 4.98 Å². The van der Waals surface area contributed by atoms with Crippen molar-refractivity contribution < 1.29 is 4.39 Å². The number of benzene rings is 2. The molecular formula is C13H7ClFNS. The van der Waals surface area contributed by atoms with Gasteiger partial charge in [0.15, 0.2) is 0 Å². The average Bonchev–Trinajstić information content (AvgIpc) is 2.72. The van der Waals surface area contributed by atoms with E-state index in [9.17, 15) is 4.39 Å². The topological polar surface area (TPSA) is 12.9 Å². The lowest BCUT2D eigenvalue weighted by Gasteiger charge is -1.94. The summed E-state index contributed by atoms with van der Waals surface area (Å²) in [6, 6.07) is 12.0. The van der Waals surface area contributed by atoms with Gasteiger partial charge in [-0.25, -0.2) is 9.37 Å². The minimum Gasteiger partial charge on any atom is -0.236 e. The maximum Gasteiger partial charge on any atom is 0.124 e. The maximum atomic E-state index is 13.1. The van der Waals surface area contributed by atoms with E-state index >= 15 is 0 Å². The Morgan fingerprint density at radius 2 is 2.00 bits per heavy atom. The highest BCUT2D eigenvalue weighted by Crippen LogP contribution is 2.31. The number of aromatic nitrogens is 1. The minimum atomic E-state index is -0.250. The largest absolute Gasteiger partial charge is 0.236 e. The van der Waals surface area contributed by atoms with Gasteiger partial charge in [-0.2, -0.15) is 0 Å². The van der Waals surface area contributed by atoms with Crippen LogP contribution in [0.2, 0.25) is 5.02 Å². The van der Waals surface area contributed by atoms with E-state index in [0.717, 1.165) is 20.8 Å². The van der Waals surface area contributed by atoms with Crippen LogP contribution in [0.3, 0.4) is 0 Å². The van der Waals surface area contributed by atoms with Crippen LogP contribution in [-0.2, 0) is 0 Å². The number of halogens is 2. The summed E-state index contributed by atoms with van der Waals surface area (Å²) in [7, 11) is 0. The highest BCUT2D eigenvalue weighted by Gasteiger charge is 2.07. The van der Waals surface area contributed by atoms with Crippen molar-refractivity contribution in [2.24, 2.45) is 0 Å². The number of hydrogen-bond acceptors (Lipinski definition) is 2. The first kappa shape index (κ1) is 10.7. The van der Waals surface area contributed by atoms with Gasteiger partial charge in [0.05, 0.1) is 10.2 Å². The van der Waals surface area contributed by atoms with Gasteiger partial charge in [-0.15, -0.1) is 11.3 Å². The summed E-state index contributed by atoms with van der Waals surface area (Å²) in [5, 5.41) is 1.49. The molecule has 0 saturated carbocycles. The first-order valence-corrected chi connectivity index (χ1v) is 6.24. The van der Waals surface area contributed by atoms with Gasteiger partial charge < -0.3 is 0 Å². The normalized spacial score (nSPS) is 10.9. The Bertz CT molecular complexity index is 693. The molecule has 3 aromatic rings. The van der Waals surface area contributed by atoms with E-state index in [1.165, 1.54) is 23.5 Å². The second kappa shape index (κ2) is 4.09. The molecule has 0 aliphatic heterocycles. The first-order chi connectivity index (χ1) is 8.22. The van der Waals surface area contributed by atoms with Crippen molar-refractivity contribution in [3.8, 4) is 10.6 Å². The van der Waals surface area contributed by atoms with E-state index in [1.54, 1.807) is 12.1 Å². The highest BCUT2D eigenvalue weighted by atomic mass is 35.5. The zero-order valence-corrected chi connectivity index (χ0v) is 10.2. The molecule has 1 heterocycles. The standard InChI is InChI=1S/C13H7ClFNS/c14-9-4-5-11-12(7-9)17-13(16-11)8-2-1-3-10(15)6-8/h1-7H. The SMILES string of the molecule is Fc1cccc(-c2nc3ccc(Cl)cc3s2)c1. The lowest BCUT2D eigenvalue weighted by atomic mass is 10.2. The van der Waals surface area contributed by atoms with Crippen LogP contribution in [0.25, 0.3) is 20.8 Å². The molecule has 0 atom stereocenters. The molecule has 0 aliphatic carbocycles. The molecule has 0 aliphatic rings. The highest BCUT2D eigenvalue weighted by molar-refractivity contribution is 7.21. The molecule has 0 N–H and O–H groups in total. The third kappa shape index (κ3) is 2.04. The number of fused-ring (bicyclic) bond motifs is 1. The molecular weight excluding hydrogens is 257 g/mol. The molecule has 2 aromatic carbocycles. The smallest absolute Gasteiger partial charge is 0.124 e. The fraction of sp³-hybridized carbons (Fsp3) is 0. The second-order valence-corrected chi connectivity index (χ2v) is 5.11. The predicted octanol–water partition coefficient (Wildman–Crippen LogP) is 4.76. The molecule has 0 amide bonds. The molecule has 0 fully saturated rings. The molecule has 4 heteroatoms. The van der Waals surface area contributed by atoms with Crippen molar-refractivity contribution >= 4 is 33.2 Å². The second-order valence-electron chi connectivity index (χ2n) is 3.64. The Morgan fingerprint density at radius 1 is 1.12 bits per heavy atom. The zero-order valence-electron chi connectivity index (χ0n) is 8.65. The van der Waals surface area contributed by atoms with Gasteiger partial charge in [-0.05, 0) is 30.3 Å². The van der Waals surface area contributed by atoms with Crippen LogP contribution >= 0.6 is 22.9 Å². The molecule has 0 spiro atoms. The van der Waals surface area contributed by atoms with Gasteiger partial charge in [-0.1, -0.05) is 23.7 Å². The summed E-state index contributed by atoms with van der Waals surface area (Å²) < 4.78 is 14.1. The molecule has 1 nitrogen and oxygen atoms in total. The first-order valence-electron chi connectivity index (χ1n) is 5.04. The van der Waals surface area contributed by atoms with E-state index in [0.29, 0.717) is 5.02 Å². The third-order valence-corrected chi connectivity index (χ3v) is 3.72. The molecule has 3 rings (SSSR count). The van der Waals surface area contributed by atoms with Crippen molar-refractivity contribution in [3.05, 3.63) is 53.3 Å². The molecule has 0 saturated heterocycles. The van der Waals surface area contributed by atoms with E-state index in [2.05, 4.69) is 4.98 Å². The van der Waals surface area contributed by atoms with Crippen molar-refractivity contribution in [3.63, 3.8) is 0 Å². The lowest BCUT2D eigenvalue weighted by molar-refractivity contribution is 0.628. The molecule has 84 valence electrons. The number of hydrogen-bond donors (Lipinski definition) is 0. The number of nitrogens with zero attached hydrogens (tertiary/aromatic N) is 1. The van der Waals surface area contributed by atoms with Gasteiger partial charge in [0, 0.05) is 10.6 Å². The van der Waals surface area contributed by atoms with Crippen LogP contribution in [0.15, 0.2) is 42.5 Å². The summed E-state index contributed by atoms with van der Waals surface area (Å²) in [6.45, 7) is 0. The van der Waals surface area contributed by atoms with Gasteiger partial charge in [-0.3, -0.25) is 0 Å². The van der Waals surface area contributed by atoms with E-state index in [1.807, 2.05) is 18.2 Å². The molecule has 0 bridgehead atoms. The zero-order chi connectivity index (χ0) is 11.8. The van der Waals surface area contributed by atoms with Crippen LogP contribution in [0.4, 0.5) is 4.39 Å². The summed E-state index contributed by atoms with van der Waals surface area (Å²) in [5.74, 6) is -0.250. The predicted molar refractivity (Wildman–Crippen MR) is 70.0 cm³/mol. The Balaban J connectivity index is 2.18. The van der Waals surface area contributed by atoms with Gasteiger partial charge in [0.2, 0.25) is 0 Å². The summed E-state index contributed by atoms with van der Waals surface area (Å²) >= 11 is 7.43. The Labute approximate surface area is 106 Å². The lowest BCUT2D eigenvalue weighted by Crippen LogP contribution is -1.77. The van der Waals surface area contributed by atoms with E-state index < -0.39 is 0 Å². The molecule has 1 aromatic heterocycles. The fourth-order valence-electron chi connectivity index (χ4n) is 1.64. The van der Waals surface area contributed by atoms with Crippen LogP contribution in [0.5, 0.6) is 0 Å². The van der Waals surface area contributed by atoms with Crippen molar-refractivity contribution in [1.82, 2.24) is 4.98 Å². The molecule has 0 unspecified atom stereocenters. The monoisotopic (exact) mass is 263 g/mol. The number of thiazole rings is 1. The van der Waals surface area contributed by atoms with Gasteiger partial charge >= 0.3 is 0 Å². The minimum absolute atomic E-state index is 0.250. The fourth-order valence-corrected chi connectivity index (χ4v) is 2.88. The van der Waals surface area contributed by atoms with E-state index in [-0.39, 0.29) is 5.82 Å². The maximum absolute atomic E-state index is 13.1. The summed E-state index contributed by atoms with van der Waals surface area (Å²) in [4.78, 5) is 4.46. The molecule has 0 radical (unpaired) electrons. The van der Waals surface area contributed by atoms with Crippen molar-refractivity contribution in [2.75, 3.05) is 0 Å².